The predicted molar refractivity (Wildman–Crippen MR) is 274 cm³/mol. The maximum absolute atomic E-state index is 12.1. The number of rotatable bonds is 39. The van der Waals surface area contributed by atoms with Crippen LogP contribution >= 0.6 is 19.1 Å². The molecule has 0 aliphatic carbocycles. The number of unbranched alkanes of at least 4 members (excludes halogenated alkanes) is 30. The Morgan fingerprint density at radius 2 is 0.661 bits per heavy atom. The van der Waals surface area contributed by atoms with E-state index >= 15 is 0 Å². The number of allylic oxidation sites excluding steroid dienone is 2. The topological polar surface area (TPSA) is 25.3 Å². The van der Waals surface area contributed by atoms with E-state index in [0.29, 0.717) is 0 Å². The number of nitrogens with zero attached hydrogens (tertiary/aromatic N) is 2. The number of hydrogen-bond donors (Lipinski definition) is 0. The monoisotopic (exact) mass is 983 g/mol. The molecule has 62 heavy (non-hydrogen) atoms. The summed E-state index contributed by atoms with van der Waals surface area (Å²) in [5.41, 5.74) is 21.9. The van der Waals surface area contributed by atoms with Crippen molar-refractivity contribution in [1.29, 1.82) is 0 Å². The van der Waals surface area contributed by atoms with Crippen LogP contribution in [0, 0.1) is 0 Å². The molecule has 356 valence electrons. The molecule has 1 aliphatic rings. The summed E-state index contributed by atoms with van der Waals surface area (Å²) < 4.78 is 1.58. The van der Waals surface area contributed by atoms with Gasteiger partial charge in [-0.3, -0.25) is 0 Å². The zero-order valence-corrected chi connectivity index (χ0v) is 43.8. The Balaban J connectivity index is 0.00000428. The van der Waals surface area contributed by atoms with Gasteiger partial charge < -0.3 is 5.53 Å². The SMILES string of the molecule is CCCCCCCCCCCCCCCCCCCCCCCCCCCCC1=C(c2cccc(CCCCCC)c2)[N+](=[N-])C(c2cccc(CCCCC)c2)=C1CC.[Cl][Pd][Cl]. The molecule has 0 spiro atoms. The second kappa shape index (κ2) is 40.1. The third-order valence-corrected chi connectivity index (χ3v) is 13.3. The molecule has 1 aliphatic heterocycles. The Hall–Kier alpha value is -1.24. The summed E-state index contributed by atoms with van der Waals surface area (Å²) in [5, 5.41) is 0. The van der Waals surface area contributed by atoms with Crippen molar-refractivity contribution in [3.63, 3.8) is 0 Å². The van der Waals surface area contributed by atoms with Gasteiger partial charge in [-0.15, -0.1) is 0 Å². The summed E-state index contributed by atoms with van der Waals surface area (Å²) >= 11 is -0.106. The van der Waals surface area contributed by atoms with E-state index in [4.69, 9.17) is 19.1 Å². The van der Waals surface area contributed by atoms with E-state index in [9.17, 15) is 5.53 Å². The molecule has 3 rings (SSSR count). The number of aryl methyl sites for hydroxylation is 2. The molecule has 0 radical (unpaired) electrons. The zero-order chi connectivity index (χ0) is 44.7. The van der Waals surface area contributed by atoms with Crippen LogP contribution in [0.15, 0.2) is 59.7 Å². The van der Waals surface area contributed by atoms with Crippen molar-refractivity contribution < 1.29 is 20.6 Å². The van der Waals surface area contributed by atoms with Crippen LogP contribution in [0.2, 0.25) is 0 Å². The molecule has 2 aromatic carbocycles. The van der Waals surface area contributed by atoms with Gasteiger partial charge in [-0.05, 0) is 80.3 Å². The standard InChI is InChI=1S/C57H94N2.2ClH.Pd/c1-5-9-12-14-15-16-17-18-19-20-21-22-23-24-25-26-27-28-29-30-31-32-33-34-35-38-47-55-54(8-4)56(52-45-39-43-50(48-52)41-36-11-7-3)59(58)57(55)53-46-40-44-51(49-53)42-37-13-10-6-2;;;/h39-40,43-46,48-49H,5-38,41-42,47H2,1-4H3;2*1H;/q;;;+2/p-2. The predicted octanol–water partition coefficient (Wildman–Crippen LogP) is 21.1. The third-order valence-electron chi connectivity index (χ3n) is 13.3. The van der Waals surface area contributed by atoms with Gasteiger partial charge in [0.15, 0.2) is 0 Å². The van der Waals surface area contributed by atoms with E-state index < -0.39 is 0 Å². The van der Waals surface area contributed by atoms with Crippen LogP contribution in [0.5, 0.6) is 0 Å². The van der Waals surface area contributed by atoms with Gasteiger partial charge in [0.25, 0.3) is 0 Å². The van der Waals surface area contributed by atoms with Crippen LogP contribution in [0.25, 0.3) is 16.9 Å². The number of hydrogen-bond acceptors (Lipinski definition) is 0. The van der Waals surface area contributed by atoms with Crippen LogP contribution < -0.4 is 0 Å². The summed E-state index contributed by atoms with van der Waals surface area (Å²) in [4.78, 5) is 0. The normalized spacial score (nSPS) is 12.8. The number of benzene rings is 2. The van der Waals surface area contributed by atoms with E-state index in [-0.39, 0.29) is 15.9 Å². The van der Waals surface area contributed by atoms with Gasteiger partial charge in [0, 0.05) is 22.3 Å². The summed E-state index contributed by atoms with van der Waals surface area (Å²) in [7, 11) is 9.63. The molecule has 0 atom stereocenters. The average Bonchev–Trinajstić information content (AvgIpc) is 3.57. The van der Waals surface area contributed by atoms with E-state index in [0.717, 1.165) is 42.6 Å². The second-order valence-electron chi connectivity index (χ2n) is 18.6. The van der Waals surface area contributed by atoms with Crippen molar-refractivity contribution in [2.45, 2.75) is 265 Å². The van der Waals surface area contributed by atoms with Gasteiger partial charge in [-0.25, -0.2) is 4.70 Å². The fourth-order valence-corrected chi connectivity index (χ4v) is 9.60. The molecule has 1 heterocycles. The maximum atomic E-state index is 12.1. The third kappa shape index (κ3) is 25.5. The Labute approximate surface area is 401 Å². The first-order valence-electron chi connectivity index (χ1n) is 26.5. The molecule has 5 heteroatoms. The van der Waals surface area contributed by atoms with Crippen LogP contribution in [-0.4, -0.2) is 4.70 Å². The Kier molecular flexibility index (Phi) is 36.8. The summed E-state index contributed by atoms with van der Waals surface area (Å²) in [5.74, 6) is 0. The molecule has 0 unspecified atom stereocenters. The van der Waals surface area contributed by atoms with Gasteiger partial charge >= 0.3 is 35.0 Å². The van der Waals surface area contributed by atoms with Gasteiger partial charge in [0.1, 0.15) is 0 Å². The van der Waals surface area contributed by atoms with Crippen molar-refractivity contribution in [3.05, 3.63) is 87.5 Å². The van der Waals surface area contributed by atoms with Crippen molar-refractivity contribution in [2.75, 3.05) is 0 Å². The molecule has 0 fully saturated rings. The molecule has 2 aromatic rings. The van der Waals surface area contributed by atoms with Crippen LogP contribution in [-0.2, 0) is 28.8 Å². The summed E-state index contributed by atoms with van der Waals surface area (Å²) in [6.07, 6.45) is 50.1. The first-order valence-corrected chi connectivity index (χ1v) is 30.5. The molecular weight excluding hydrogens is 890 g/mol. The molecule has 0 aromatic heterocycles. The van der Waals surface area contributed by atoms with E-state index in [1.165, 1.54) is 240 Å². The van der Waals surface area contributed by atoms with Crippen LogP contribution in [0.3, 0.4) is 0 Å². The molecule has 0 saturated heterocycles. The minimum absolute atomic E-state index is 0.106. The van der Waals surface area contributed by atoms with Crippen LogP contribution in [0.1, 0.15) is 275 Å². The van der Waals surface area contributed by atoms with Gasteiger partial charge in [-0.1, -0.05) is 245 Å². The van der Waals surface area contributed by atoms with Crippen molar-refractivity contribution in [1.82, 2.24) is 0 Å². The van der Waals surface area contributed by atoms with Crippen molar-refractivity contribution >= 4 is 30.5 Å². The van der Waals surface area contributed by atoms with E-state index in [1.54, 1.807) is 4.70 Å². The minimum atomic E-state index is -0.106. The average molecular weight is 985 g/mol. The zero-order valence-electron chi connectivity index (χ0n) is 40.7. The number of halogens is 2. The van der Waals surface area contributed by atoms with Gasteiger partial charge in [0.05, 0.1) is 0 Å². The van der Waals surface area contributed by atoms with Crippen molar-refractivity contribution in [2.24, 2.45) is 0 Å². The van der Waals surface area contributed by atoms with Crippen molar-refractivity contribution in [3.8, 4) is 0 Å². The van der Waals surface area contributed by atoms with Gasteiger partial charge in [-0.2, -0.15) is 0 Å². The summed E-state index contributed by atoms with van der Waals surface area (Å²) in [6.45, 7) is 9.14. The Bertz CT molecular complexity index is 1460. The molecule has 0 bridgehead atoms. The van der Waals surface area contributed by atoms with E-state index in [2.05, 4.69) is 76.2 Å². The molecule has 0 amide bonds. The Morgan fingerprint density at radius 1 is 0.387 bits per heavy atom. The molecular formula is C57H94Cl2N2Pd. The van der Waals surface area contributed by atoms with Gasteiger partial charge in [0.2, 0.25) is 11.4 Å². The fraction of sp³-hybridized carbons (Fsp3) is 0.719. The first kappa shape index (κ1) is 56.9. The Morgan fingerprint density at radius 3 is 1.02 bits per heavy atom. The second-order valence-corrected chi connectivity index (χ2v) is 21.0. The molecule has 2 nitrogen and oxygen atoms in total. The molecule has 0 N–H and O–H groups in total. The first-order chi connectivity index (χ1) is 30.6. The van der Waals surface area contributed by atoms with E-state index in [1.807, 2.05) is 0 Å². The molecule has 0 saturated carbocycles. The quantitative estimate of drug-likeness (QED) is 0.0362. The fourth-order valence-electron chi connectivity index (χ4n) is 9.60. The van der Waals surface area contributed by atoms with Crippen LogP contribution in [0.4, 0.5) is 0 Å². The summed E-state index contributed by atoms with van der Waals surface area (Å²) in [6, 6.07) is 18.1.